The number of aliphatic hydroxyl groups is 1. The van der Waals surface area contributed by atoms with Crippen LogP contribution < -0.4 is 0 Å². The Bertz CT molecular complexity index is 1180. The summed E-state index contributed by atoms with van der Waals surface area (Å²) in [6.07, 6.45) is 2.65. The van der Waals surface area contributed by atoms with E-state index < -0.39 is 6.10 Å². The highest BCUT2D eigenvalue weighted by molar-refractivity contribution is 5.89. The molecule has 35 heavy (non-hydrogen) atoms. The zero-order valence-electron chi connectivity index (χ0n) is 20.4. The number of ether oxygens (including phenoxy) is 2. The molecule has 10 rings (SSSR count). The van der Waals surface area contributed by atoms with Gasteiger partial charge in [-0.1, -0.05) is 31.7 Å². The van der Waals surface area contributed by atoms with E-state index in [0.717, 1.165) is 37.8 Å². The number of nitrogens with zero attached hydrogens (tertiary/aromatic N) is 1. The average molecular weight is 476 g/mol. The molecular formula is C29H33NO5. The van der Waals surface area contributed by atoms with Crippen LogP contribution in [0.15, 0.2) is 42.5 Å². The molecule has 13 atom stereocenters. The molecule has 6 aliphatic carbocycles. The van der Waals surface area contributed by atoms with Crippen molar-refractivity contribution in [2.45, 2.75) is 69.9 Å². The molecule has 2 spiro atoms. The van der Waals surface area contributed by atoms with Gasteiger partial charge in [0.05, 0.1) is 11.7 Å². The summed E-state index contributed by atoms with van der Waals surface area (Å²) in [5.74, 6) is 0.487. The predicted octanol–water partition coefficient (Wildman–Crippen LogP) is 3.20. The fourth-order valence-corrected chi connectivity index (χ4v) is 11.7. The summed E-state index contributed by atoms with van der Waals surface area (Å²) >= 11 is 0. The largest absolute Gasteiger partial charge is 0.462 e. The van der Waals surface area contributed by atoms with Crippen LogP contribution in [0.3, 0.4) is 0 Å². The van der Waals surface area contributed by atoms with Crippen LogP contribution in [0, 0.1) is 39.9 Å². The molecular weight excluding hydrogens is 442 g/mol. The van der Waals surface area contributed by atoms with Gasteiger partial charge in [-0.25, -0.2) is 4.79 Å². The van der Waals surface area contributed by atoms with Gasteiger partial charge in [-0.2, -0.15) is 0 Å². The van der Waals surface area contributed by atoms with Gasteiger partial charge < -0.3 is 14.6 Å². The maximum atomic E-state index is 13.1. The van der Waals surface area contributed by atoms with Gasteiger partial charge in [-0.05, 0) is 60.6 Å². The van der Waals surface area contributed by atoms with Crippen molar-refractivity contribution >= 4 is 11.9 Å². The van der Waals surface area contributed by atoms with Crippen LogP contribution in [0.1, 0.15) is 49.9 Å². The van der Waals surface area contributed by atoms with Crippen LogP contribution in [0.5, 0.6) is 0 Å². The number of esters is 2. The molecule has 9 aliphatic rings. The van der Waals surface area contributed by atoms with Gasteiger partial charge in [0.15, 0.2) is 0 Å². The summed E-state index contributed by atoms with van der Waals surface area (Å²) in [5.41, 5.74) is 1.14. The Kier molecular flexibility index (Phi) is 3.71. The number of fused-ring (bicyclic) bond motifs is 1. The normalized spacial score (nSPS) is 55.3. The minimum atomic E-state index is -0.535. The fraction of sp³-hybridized carbons (Fsp3) is 0.655. The first-order valence-electron chi connectivity index (χ1n) is 13.3. The molecule has 1 N–H and O–H groups in total. The number of carbonyl (C=O) groups excluding carboxylic acids is 2. The highest BCUT2D eigenvalue weighted by Crippen LogP contribution is 2.87. The predicted molar refractivity (Wildman–Crippen MR) is 126 cm³/mol. The van der Waals surface area contributed by atoms with Gasteiger partial charge in [0, 0.05) is 48.2 Å². The van der Waals surface area contributed by atoms with E-state index >= 15 is 0 Å². The summed E-state index contributed by atoms with van der Waals surface area (Å²) in [4.78, 5) is 28.2. The summed E-state index contributed by atoms with van der Waals surface area (Å²) in [6.45, 7) is 9.25. The van der Waals surface area contributed by atoms with Gasteiger partial charge in [0.1, 0.15) is 12.2 Å². The minimum Gasteiger partial charge on any atom is -0.462 e. The number of hydrogen-bond donors (Lipinski definition) is 1. The second-order valence-corrected chi connectivity index (χ2v) is 13.0. The maximum absolute atomic E-state index is 13.1. The minimum absolute atomic E-state index is 0.0152. The lowest BCUT2D eigenvalue weighted by Crippen LogP contribution is -2.69. The summed E-state index contributed by atoms with van der Waals surface area (Å²) in [5, 5.41) is 11.7. The van der Waals surface area contributed by atoms with E-state index in [1.807, 2.05) is 30.3 Å². The quantitative estimate of drug-likeness (QED) is 0.535. The Morgan fingerprint density at radius 1 is 1.09 bits per heavy atom. The van der Waals surface area contributed by atoms with Crippen molar-refractivity contribution in [3.8, 4) is 0 Å². The Morgan fingerprint density at radius 3 is 2.60 bits per heavy atom. The van der Waals surface area contributed by atoms with Crippen molar-refractivity contribution in [1.29, 1.82) is 0 Å². The van der Waals surface area contributed by atoms with E-state index in [0.29, 0.717) is 29.5 Å². The molecule has 9 bridgehead atoms. The molecule has 0 radical (unpaired) electrons. The first-order valence-corrected chi connectivity index (χ1v) is 13.3. The Labute approximate surface area is 205 Å². The van der Waals surface area contributed by atoms with Crippen LogP contribution >= 0.6 is 0 Å². The van der Waals surface area contributed by atoms with Gasteiger partial charge in [0.2, 0.25) is 0 Å². The molecule has 3 saturated heterocycles. The number of piperidine rings is 2. The standard InChI is InChI=1S/C29H33NO5/c1-14-18-9-19-24-29-11-17(35-26(33)16-7-5-4-6-8-16)10-27(3)13-30(24)20(22(27)29)12-28(19,25(14)32)23(29)21(18)34-15(2)31/h4-8,17-25,32H,1,9-13H2,2-3H3/t17-,18+,19+,20-,21-,22+,23+,24+,25+,27-,28+,29-/m0/s1. The van der Waals surface area contributed by atoms with Crippen LogP contribution in [-0.2, 0) is 14.3 Å². The maximum Gasteiger partial charge on any atom is 0.338 e. The fourth-order valence-electron chi connectivity index (χ4n) is 11.7. The third-order valence-electron chi connectivity index (χ3n) is 11.8. The van der Waals surface area contributed by atoms with E-state index in [1.54, 1.807) is 0 Å². The number of carbonyl (C=O) groups is 2. The Morgan fingerprint density at radius 2 is 1.86 bits per heavy atom. The molecule has 3 aliphatic heterocycles. The lowest BCUT2D eigenvalue weighted by molar-refractivity contribution is -0.229. The van der Waals surface area contributed by atoms with Crippen molar-refractivity contribution < 1.29 is 24.2 Å². The number of benzene rings is 1. The van der Waals surface area contributed by atoms with Gasteiger partial charge in [-0.3, -0.25) is 9.69 Å². The van der Waals surface area contributed by atoms with Crippen LogP contribution in [0.4, 0.5) is 0 Å². The first-order chi connectivity index (χ1) is 16.7. The average Bonchev–Trinajstić information content (AvgIpc) is 3.23. The lowest BCUT2D eigenvalue weighted by atomic mass is 9.39. The van der Waals surface area contributed by atoms with Crippen molar-refractivity contribution in [2.75, 3.05) is 6.54 Å². The monoisotopic (exact) mass is 475 g/mol. The third-order valence-corrected chi connectivity index (χ3v) is 11.8. The van der Waals surface area contributed by atoms with Crippen molar-refractivity contribution in [3.05, 3.63) is 48.0 Å². The summed E-state index contributed by atoms with van der Waals surface area (Å²) in [7, 11) is 0. The second-order valence-electron chi connectivity index (χ2n) is 13.0. The van der Waals surface area contributed by atoms with Crippen molar-refractivity contribution in [3.63, 3.8) is 0 Å². The summed E-state index contributed by atoms with van der Waals surface area (Å²) in [6, 6.07) is 10.1. The van der Waals surface area contributed by atoms with Gasteiger partial charge in [-0.15, -0.1) is 0 Å². The first kappa shape index (κ1) is 21.0. The highest BCUT2D eigenvalue weighted by atomic mass is 16.5. The SMILES string of the molecule is C=C1[C@H]2C[C@@H]3[C@H]4N5C[C@]6(C)C[C@H](OC(=O)c7ccccc7)C[C@]47[C@H]([C@H]2OC(C)=O)[C@]3(C[C@H]5[C@H]67)[C@@H]1O. The number of aliphatic hydroxyl groups excluding tert-OH is 1. The molecule has 6 nitrogen and oxygen atoms in total. The van der Waals surface area contributed by atoms with E-state index in [1.165, 1.54) is 6.92 Å². The third kappa shape index (κ3) is 2.11. The Hall–Kier alpha value is -2.18. The second kappa shape index (κ2) is 6.20. The zero-order chi connectivity index (χ0) is 24.1. The molecule has 1 unspecified atom stereocenters. The molecule has 1 aromatic carbocycles. The van der Waals surface area contributed by atoms with Crippen LogP contribution in [0.2, 0.25) is 0 Å². The van der Waals surface area contributed by atoms with Crippen molar-refractivity contribution in [1.82, 2.24) is 4.90 Å². The van der Waals surface area contributed by atoms with Gasteiger partial charge >= 0.3 is 11.9 Å². The van der Waals surface area contributed by atoms with Crippen molar-refractivity contribution in [2.24, 2.45) is 39.9 Å². The molecule has 0 aromatic heterocycles. The van der Waals surface area contributed by atoms with E-state index in [9.17, 15) is 14.7 Å². The number of rotatable bonds is 3. The van der Waals surface area contributed by atoms with E-state index in [-0.39, 0.29) is 52.2 Å². The Balaban J connectivity index is 1.25. The molecule has 6 heteroatoms. The molecule has 1 aromatic rings. The molecule has 6 saturated carbocycles. The topological polar surface area (TPSA) is 76.1 Å². The van der Waals surface area contributed by atoms with Crippen LogP contribution in [0.25, 0.3) is 0 Å². The molecule has 0 amide bonds. The molecule has 3 heterocycles. The smallest absolute Gasteiger partial charge is 0.338 e. The molecule has 9 fully saturated rings. The lowest BCUT2D eigenvalue weighted by Gasteiger charge is -2.66. The van der Waals surface area contributed by atoms with E-state index in [4.69, 9.17) is 9.47 Å². The highest BCUT2D eigenvalue weighted by Gasteiger charge is 2.90. The van der Waals surface area contributed by atoms with Gasteiger partial charge in [0.25, 0.3) is 0 Å². The van der Waals surface area contributed by atoms with E-state index in [2.05, 4.69) is 18.4 Å². The number of hydrogen-bond acceptors (Lipinski definition) is 6. The zero-order valence-corrected chi connectivity index (χ0v) is 20.4. The molecule has 184 valence electrons. The van der Waals surface area contributed by atoms with Crippen LogP contribution in [-0.4, -0.2) is 58.9 Å². The summed E-state index contributed by atoms with van der Waals surface area (Å²) < 4.78 is 12.4.